The summed E-state index contributed by atoms with van der Waals surface area (Å²) in [5.41, 5.74) is 5.12. The van der Waals surface area contributed by atoms with Gasteiger partial charge in [-0.25, -0.2) is 0 Å². The fourth-order valence-corrected chi connectivity index (χ4v) is 1.38. The van der Waals surface area contributed by atoms with Crippen LogP contribution in [0.25, 0.3) is 0 Å². The summed E-state index contributed by atoms with van der Waals surface area (Å²) in [7, 11) is 0. The van der Waals surface area contributed by atoms with Crippen LogP contribution in [0, 0.1) is 5.92 Å². The molecule has 0 aliphatic rings. The van der Waals surface area contributed by atoms with E-state index < -0.39 is 0 Å². The zero-order chi connectivity index (χ0) is 11.0. The molecule has 0 spiro atoms. The summed E-state index contributed by atoms with van der Waals surface area (Å²) in [5.74, 6) is 0.107. The number of rotatable bonds is 8. The van der Waals surface area contributed by atoms with Gasteiger partial charge in [0.15, 0.2) is 0 Å². The summed E-state index contributed by atoms with van der Waals surface area (Å²) in [6.07, 6.45) is 2.95. The molecule has 0 fully saturated rings. The van der Waals surface area contributed by atoms with Crippen LogP contribution in [0.1, 0.15) is 33.1 Å². The van der Waals surface area contributed by atoms with E-state index in [-0.39, 0.29) is 18.6 Å². The fraction of sp³-hybridized carbons (Fsp3) is 0.900. The highest BCUT2D eigenvalue weighted by Crippen LogP contribution is 2.09. The van der Waals surface area contributed by atoms with Crippen molar-refractivity contribution in [2.75, 3.05) is 13.2 Å². The van der Waals surface area contributed by atoms with Gasteiger partial charge < -0.3 is 16.2 Å². The number of nitrogens with two attached hydrogens (primary N) is 1. The Hall–Kier alpha value is -0.610. The van der Waals surface area contributed by atoms with Crippen molar-refractivity contribution in [2.24, 2.45) is 11.7 Å². The first kappa shape index (κ1) is 13.4. The quantitative estimate of drug-likeness (QED) is 0.528. The van der Waals surface area contributed by atoms with Crippen molar-refractivity contribution in [3.05, 3.63) is 0 Å². The zero-order valence-corrected chi connectivity index (χ0v) is 9.12. The minimum atomic E-state index is -0.329. The van der Waals surface area contributed by atoms with Gasteiger partial charge >= 0.3 is 0 Å². The van der Waals surface area contributed by atoms with Crippen LogP contribution < -0.4 is 11.1 Å². The maximum absolute atomic E-state index is 10.7. The molecule has 0 aliphatic heterocycles. The van der Waals surface area contributed by atoms with E-state index in [2.05, 4.69) is 12.2 Å². The van der Waals surface area contributed by atoms with E-state index in [1.807, 2.05) is 0 Å². The first-order valence-corrected chi connectivity index (χ1v) is 5.25. The summed E-state index contributed by atoms with van der Waals surface area (Å²) in [5, 5.41) is 11.9. The van der Waals surface area contributed by atoms with Crippen molar-refractivity contribution in [3.63, 3.8) is 0 Å². The smallest absolute Gasteiger partial charge is 0.234 e. The first-order valence-electron chi connectivity index (χ1n) is 5.25. The van der Waals surface area contributed by atoms with Crippen molar-refractivity contribution in [2.45, 2.75) is 39.2 Å². The third-order valence-corrected chi connectivity index (χ3v) is 2.37. The van der Waals surface area contributed by atoms with Gasteiger partial charge in [0.1, 0.15) is 0 Å². The summed E-state index contributed by atoms with van der Waals surface area (Å²) in [6, 6.07) is -0.284. The van der Waals surface area contributed by atoms with Crippen molar-refractivity contribution in [1.82, 2.24) is 5.32 Å². The molecule has 0 aromatic heterocycles. The van der Waals surface area contributed by atoms with Crippen molar-refractivity contribution in [1.29, 1.82) is 0 Å². The molecular formula is C10H22N2O2. The van der Waals surface area contributed by atoms with E-state index in [4.69, 9.17) is 10.8 Å². The molecule has 0 rings (SSSR count). The van der Waals surface area contributed by atoms with Crippen molar-refractivity contribution >= 4 is 5.91 Å². The Labute approximate surface area is 85.9 Å². The standard InChI is InChI=1S/C10H22N2O2/c1-3-4-9(5-6-13)7-12-8(2)10(11)14/h8-9,12-13H,3-7H2,1-2H3,(H2,11,14). The Morgan fingerprint density at radius 2 is 2.14 bits per heavy atom. The zero-order valence-electron chi connectivity index (χ0n) is 9.12. The molecule has 0 aliphatic carbocycles. The number of amides is 1. The second-order valence-corrected chi connectivity index (χ2v) is 3.70. The number of nitrogens with one attached hydrogen (secondary N) is 1. The molecule has 0 saturated heterocycles. The van der Waals surface area contributed by atoms with Gasteiger partial charge in [-0.15, -0.1) is 0 Å². The van der Waals surface area contributed by atoms with Crippen LogP contribution in [-0.4, -0.2) is 30.2 Å². The number of aliphatic hydroxyl groups excluding tert-OH is 1. The molecule has 2 unspecified atom stereocenters. The number of carbonyl (C=O) groups excluding carboxylic acids is 1. The predicted molar refractivity (Wildman–Crippen MR) is 56.8 cm³/mol. The average Bonchev–Trinajstić information content (AvgIpc) is 2.14. The minimum absolute atomic E-state index is 0.206. The SMILES string of the molecule is CCCC(CCO)CNC(C)C(N)=O. The number of hydrogen-bond acceptors (Lipinski definition) is 3. The lowest BCUT2D eigenvalue weighted by molar-refractivity contribution is -0.119. The summed E-state index contributed by atoms with van der Waals surface area (Å²) >= 11 is 0. The maximum Gasteiger partial charge on any atom is 0.234 e. The molecule has 0 bridgehead atoms. The Bertz CT molecular complexity index is 156. The van der Waals surface area contributed by atoms with Crippen LogP contribution in [0.4, 0.5) is 0 Å². The third-order valence-electron chi connectivity index (χ3n) is 2.37. The fourth-order valence-electron chi connectivity index (χ4n) is 1.38. The maximum atomic E-state index is 10.7. The second kappa shape index (κ2) is 7.76. The van der Waals surface area contributed by atoms with Crippen LogP contribution in [0.5, 0.6) is 0 Å². The van der Waals surface area contributed by atoms with Gasteiger partial charge in [-0.2, -0.15) is 0 Å². The topological polar surface area (TPSA) is 75.3 Å². The van der Waals surface area contributed by atoms with Crippen LogP contribution >= 0.6 is 0 Å². The van der Waals surface area contributed by atoms with Crippen LogP contribution in [0.15, 0.2) is 0 Å². The molecule has 0 heterocycles. The van der Waals surface area contributed by atoms with E-state index in [0.717, 1.165) is 25.8 Å². The molecule has 4 heteroatoms. The predicted octanol–water partition coefficient (Wildman–Crippen LogP) is 0.248. The van der Waals surface area contributed by atoms with E-state index in [1.54, 1.807) is 6.92 Å². The highest BCUT2D eigenvalue weighted by Gasteiger charge is 2.11. The molecule has 14 heavy (non-hydrogen) atoms. The molecule has 1 amide bonds. The molecule has 84 valence electrons. The molecule has 4 N–H and O–H groups in total. The largest absolute Gasteiger partial charge is 0.396 e. The Morgan fingerprint density at radius 3 is 2.57 bits per heavy atom. The van der Waals surface area contributed by atoms with E-state index in [0.29, 0.717) is 5.92 Å². The highest BCUT2D eigenvalue weighted by molar-refractivity contribution is 5.79. The van der Waals surface area contributed by atoms with E-state index in [9.17, 15) is 4.79 Å². The lowest BCUT2D eigenvalue weighted by Crippen LogP contribution is -2.41. The molecule has 0 saturated carbocycles. The van der Waals surface area contributed by atoms with Gasteiger partial charge in [0.05, 0.1) is 6.04 Å². The van der Waals surface area contributed by atoms with Crippen molar-refractivity contribution in [3.8, 4) is 0 Å². The average molecular weight is 202 g/mol. The highest BCUT2D eigenvalue weighted by atomic mass is 16.3. The normalized spacial score (nSPS) is 15.1. The van der Waals surface area contributed by atoms with Crippen LogP contribution in [0.3, 0.4) is 0 Å². The summed E-state index contributed by atoms with van der Waals surface area (Å²) < 4.78 is 0. The summed E-state index contributed by atoms with van der Waals surface area (Å²) in [6.45, 7) is 4.82. The first-order chi connectivity index (χ1) is 6.61. The van der Waals surface area contributed by atoms with E-state index >= 15 is 0 Å². The molecular weight excluding hydrogens is 180 g/mol. The van der Waals surface area contributed by atoms with Gasteiger partial charge in [0.25, 0.3) is 0 Å². The second-order valence-electron chi connectivity index (χ2n) is 3.70. The Balaban J connectivity index is 3.74. The third kappa shape index (κ3) is 5.94. The molecule has 4 nitrogen and oxygen atoms in total. The molecule has 2 atom stereocenters. The van der Waals surface area contributed by atoms with Gasteiger partial charge in [-0.05, 0) is 32.2 Å². The lowest BCUT2D eigenvalue weighted by atomic mass is 10.00. The minimum Gasteiger partial charge on any atom is -0.396 e. The Kier molecular flexibility index (Phi) is 7.42. The monoisotopic (exact) mass is 202 g/mol. The Morgan fingerprint density at radius 1 is 1.50 bits per heavy atom. The lowest BCUT2D eigenvalue weighted by Gasteiger charge is -2.17. The van der Waals surface area contributed by atoms with Gasteiger partial charge in [-0.3, -0.25) is 4.79 Å². The van der Waals surface area contributed by atoms with Crippen molar-refractivity contribution < 1.29 is 9.90 Å². The molecule has 0 aromatic rings. The number of carbonyl (C=O) groups is 1. The van der Waals surface area contributed by atoms with Gasteiger partial charge in [0, 0.05) is 6.61 Å². The number of hydrogen-bond donors (Lipinski definition) is 3. The van der Waals surface area contributed by atoms with Gasteiger partial charge in [0.2, 0.25) is 5.91 Å². The van der Waals surface area contributed by atoms with E-state index in [1.165, 1.54) is 0 Å². The molecule has 0 radical (unpaired) electrons. The molecule has 0 aromatic carbocycles. The number of aliphatic hydroxyl groups is 1. The van der Waals surface area contributed by atoms with Crippen LogP contribution in [0.2, 0.25) is 0 Å². The number of primary amides is 1. The summed E-state index contributed by atoms with van der Waals surface area (Å²) in [4.78, 5) is 10.7. The van der Waals surface area contributed by atoms with Gasteiger partial charge in [-0.1, -0.05) is 13.3 Å². The van der Waals surface area contributed by atoms with Crippen LogP contribution in [-0.2, 0) is 4.79 Å².